The maximum absolute atomic E-state index is 11.4. The van der Waals surface area contributed by atoms with Crippen LogP contribution in [0.15, 0.2) is 0 Å². The smallest absolute Gasteiger partial charge is 0.221 e. The summed E-state index contributed by atoms with van der Waals surface area (Å²) in [6.45, 7) is 5.93. The monoisotopic (exact) mass is 216 g/mol. The number of hydrogen-bond acceptors (Lipinski definition) is 4. The van der Waals surface area contributed by atoms with E-state index in [9.17, 15) is 4.79 Å². The van der Waals surface area contributed by atoms with E-state index in [0.29, 0.717) is 32.8 Å². The number of ether oxygens (including phenoxy) is 2. The molecule has 1 aliphatic heterocycles. The Morgan fingerprint density at radius 1 is 1.53 bits per heavy atom. The molecule has 5 nitrogen and oxygen atoms in total. The second-order valence-electron chi connectivity index (χ2n) is 4.54. The number of carbonyl (C=O) groups excluding carboxylic acids is 1. The van der Waals surface area contributed by atoms with Gasteiger partial charge in [-0.3, -0.25) is 4.79 Å². The fourth-order valence-electron chi connectivity index (χ4n) is 1.36. The van der Waals surface area contributed by atoms with E-state index in [1.165, 1.54) is 0 Å². The summed E-state index contributed by atoms with van der Waals surface area (Å²) in [7, 11) is 0. The zero-order chi connectivity index (χ0) is 11.3. The summed E-state index contributed by atoms with van der Waals surface area (Å²) in [5.41, 5.74) is 5.26. The van der Waals surface area contributed by atoms with E-state index in [1.807, 2.05) is 13.8 Å². The van der Waals surface area contributed by atoms with E-state index in [-0.39, 0.29) is 12.0 Å². The van der Waals surface area contributed by atoms with Crippen LogP contribution in [-0.4, -0.2) is 43.9 Å². The van der Waals surface area contributed by atoms with Gasteiger partial charge >= 0.3 is 0 Å². The first-order valence-electron chi connectivity index (χ1n) is 5.22. The van der Waals surface area contributed by atoms with Crippen molar-refractivity contribution < 1.29 is 14.3 Å². The van der Waals surface area contributed by atoms with E-state index in [4.69, 9.17) is 15.2 Å². The zero-order valence-corrected chi connectivity index (χ0v) is 9.41. The Morgan fingerprint density at radius 3 is 2.80 bits per heavy atom. The van der Waals surface area contributed by atoms with Crippen molar-refractivity contribution in [1.29, 1.82) is 0 Å². The van der Waals surface area contributed by atoms with Gasteiger partial charge in [-0.25, -0.2) is 0 Å². The lowest BCUT2D eigenvalue weighted by atomic mass is 10.0. The molecule has 3 N–H and O–H groups in total. The van der Waals surface area contributed by atoms with Gasteiger partial charge in [0.05, 0.1) is 25.9 Å². The average Bonchev–Trinajstić information content (AvgIpc) is 2.14. The van der Waals surface area contributed by atoms with Crippen LogP contribution in [0.4, 0.5) is 0 Å². The lowest BCUT2D eigenvalue weighted by Gasteiger charge is -2.24. The highest BCUT2D eigenvalue weighted by Gasteiger charge is 2.19. The summed E-state index contributed by atoms with van der Waals surface area (Å²) >= 11 is 0. The number of carbonyl (C=O) groups is 1. The Kier molecular flexibility index (Phi) is 4.50. The fourth-order valence-corrected chi connectivity index (χ4v) is 1.36. The summed E-state index contributed by atoms with van der Waals surface area (Å²) in [6.07, 6.45) is 0.296. The predicted octanol–water partition coefficient (Wildman–Crippen LogP) is -0.355. The van der Waals surface area contributed by atoms with Gasteiger partial charge in [0.1, 0.15) is 0 Å². The molecule has 0 aromatic carbocycles. The second-order valence-corrected chi connectivity index (χ2v) is 4.54. The van der Waals surface area contributed by atoms with Crippen LogP contribution in [0.1, 0.15) is 20.3 Å². The Hall–Kier alpha value is -0.650. The summed E-state index contributed by atoms with van der Waals surface area (Å²) in [5, 5.41) is 2.78. The fraction of sp³-hybridized carbons (Fsp3) is 0.900. The molecule has 0 saturated carbocycles. The van der Waals surface area contributed by atoms with E-state index < -0.39 is 5.54 Å². The molecule has 0 aromatic heterocycles. The van der Waals surface area contributed by atoms with Crippen molar-refractivity contribution >= 4 is 5.91 Å². The molecule has 0 aromatic rings. The predicted molar refractivity (Wildman–Crippen MR) is 56.5 cm³/mol. The molecule has 15 heavy (non-hydrogen) atoms. The molecule has 1 heterocycles. The molecule has 1 saturated heterocycles. The molecule has 1 amide bonds. The van der Waals surface area contributed by atoms with Crippen molar-refractivity contribution in [3.8, 4) is 0 Å². The molecule has 1 atom stereocenters. The minimum absolute atomic E-state index is 0.0245. The largest absolute Gasteiger partial charge is 0.376 e. The molecule has 5 heteroatoms. The van der Waals surface area contributed by atoms with Crippen molar-refractivity contribution in [3.63, 3.8) is 0 Å². The molecule has 1 unspecified atom stereocenters. The summed E-state index contributed by atoms with van der Waals surface area (Å²) < 4.78 is 10.6. The minimum atomic E-state index is -0.464. The Labute approximate surface area is 90.3 Å². The van der Waals surface area contributed by atoms with Gasteiger partial charge < -0.3 is 20.5 Å². The quantitative estimate of drug-likeness (QED) is 0.673. The van der Waals surface area contributed by atoms with Crippen molar-refractivity contribution in [2.24, 2.45) is 5.73 Å². The van der Waals surface area contributed by atoms with Crippen molar-refractivity contribution in [3.05, 3.63) is 0 Å². The number of nitrogens with one attached hydrogen (secondary N) is 1. The topological polar surface area (TPSA) is 73.6 Å². The van der Waals surface area contributed by atoms with Gasteiger partial charge in [0, 0.05) is 18.5 Å². The van der Waals surface area contributed by atoms with E-state index in [2.05, 4.69) is 5.32 Å². The van der Waals surface area contributed by atoms with Crippen molar-refractivity contribution in [1.82, 2.24) is 5.32 Å². The molecule has 0 bridgehead atoms. The molecule has 0 aliphatic carbocycles. The maximum atomic E-state index is 11.4. The normalized spacial score (nSPS) is 22.5. The van der Waals surface area contributed by atoms with Gasteiger partial charge in [-0.15, -0.1) is 0 Å². The van der Waals surface area contributed by atoms with Gasteiger partial charge in [0.25, 0.3) is 0 Å². The molecule has 0 radical (unpaired) electrons. The van der Waals surface area contributed by atoms with Gasteiger partial charge in [-0.05, 0) is 13.8 Å². The highest BCUT2D eigenvalue weighted by atomic mass is 16.6. The Balaban J connectivity index is 2.15. The van der Waals surface area contributed by atoms with Crippen LogP contribution in [-0.2, 0) is 14.3 Å². The van der Waals surface area contributed by atoms with E-state index in [0.717, 1.165) is 0 Å². The van der Waals surface area contributed by atoms with E-state index >= 15 is 0 Å². The van der Waals surface area contributed by atoms with E-state index in [1.54, 1.807) is 0 Å². The highest BCUT2D eigenvalue weighted by molar-refractivity contribution is 5.77. The number of hydrogen-bond donors (Lipinski definition) is 2. The Morgan fingerprint density at radius 2 is 2.27 bits per heavy atom. The molecule has 1 rings (SSSR count). The standard InChI is InChI=1S/C10H20N2O3/c1-10(2,11)5-9(13)12-6-8-7-14-3-4-15-8/h8H,3-7,11H2,1-2H3,(H,12,13). The van der Waals surface area contributed by atoms with Gasteiger partial charge in [0.15, 0.2) is 0 Å². The molecular weight excluding hydrogens is 196 g/mol. The van der Waals surface area contributed by atoms with Crippen LogP contribution in [0.5, 0.6) is 0 Å². The van der Waals surface area contributed by atoms with Crippen LogP contribution in [0, 0.1) is 0 Å². The first kappa shape index (κ1) is 12.4. The third-order valence-corrected chi connectivity index (χ3v) is 2.03. The Bertz CT molecular complexity index is 207. The lowest BCUT2D eigenvalue weighted by molar-refractivity contribution is -0.124. The molecule has 1 aliphatic rings. The maximum Gasteiger partial charge on any atom is 0.221 e. The summed E-state index contributed by atoms with van der Waals surface area (Å²) in [6, 6.07) is 0. The first-order chi connectivity index (χ1) is 6.97. The second kappa shape index (κ2) is 5.44. The van der Waals surface area contributed by atoms with Gasteiger partial charge in [-0.1, -0.05) is 0 Å². The van der Waals surface area contributed by atoms with Crippen LogP contribution in [0.2, 0.25) is 0 Å². The van der Waals surface area contributed by atoms with Crippen LogP contribution < -0.4 is 11.1 Å². The van der Waals surface area contributed by atoms with Gasteiger partial charge in [0.2, 0.25) is 5.91 Å². The number of amides is 1. The molecule has 88 valence electrons. The highest BCUT2D eigenvalue weighted by Crippen LogP contribution is 2.03. The minimum Gasteiger partial charge on any atom is -0.376 e. The third kappa shape index (κ3) is 5.71. The SMILES string of the molecule is CC(C)(N)CC(=O)NCC1COCCO1. The first-order valence-corrected chi connectivity index (χ1v) is 5.22. The molecule has 0 spiro atoms. The van der Waals surface area contributed by atoms with Crippen LogP contribution >= 0.6 is 0 Å². The molecule has 1 fully saturated rings. The molecular formula is C10H20N2O3. The van der Waals surface area contributed by atoms with Crippen LogP contribution in [0.3, 0.4) is 0 Å². The van der Waals surface area contributed by atoms with Crippen molar-refractivity contribution in [2.75, 3.05) is 26.4 Å². The van der Waals surface area contributed by atoms with Gasteiger partial charge in [-0.2, -0.15) is 0 Å². The number of nitrogens with two attached hydrogens (primary N) is 1. The third-order valence-electron chi connectivity index (χ3n) is 2.03. The van der Waals surface area contributed by atoms with Crippen LogP contribution in [0.25, 0.3) is 0 Å². The summed E-state index contributed by atoms with van der Waals surface area (Å²) in [5.74, 6) is -0.0447. The van der Waals surface area contributed by atoms with Crippen molar-refractivity contribution in [2.45, 2.75) is 31.9 Å². The number of rotatable bonds is 4. The lowest BCUT2D eigenvalue weighted by Crippen LogP contribution is -2.43. The zero-order valence-electron chi connectivity index (χ0n) is 9.41. The average molecular weight is 216 g/mol. The summed E-state index contributed by atoms with van der Waals surface area (Å²) in [4.78, 5) is 11.4.